The monoisotopic (exact) mass is 354 g/mol. The van der Waals surface area contributed by atoms with Crippen molar-refractivity contribution in [2.75, 3.05) is 6.54 Å². The van der Waals surface area contributed by atoms with Crippen LogP contribution in [0.1, 0.15) is 24.0 Å². The van der Waals surface area contributed by atoms with Crippen LogP contribution in [-0.4, -0.2) is 11.5 Å². The van der Waals surface area contributed by atoms with Crippen molar-refractivity contribution in [3.63, 3.8) is 0 Å². The van der Waals surface area contributed by atoms with Crippen LogP contribution in [0.2, 0.25) is 0 Å². The van der Waals surface area contributed by atoms with Gasteiger partial charge in [-0.05, 0) is 55.0 Å². The highest BCUT2D eigenvalue weighted by molar-refractivity contribution is 5.95. The number of aryl methyl sites for hydroxylation is 2. The predicted octanol–water partition coefficient (Wildman–Crippen LogP) is 6.09. The van der Waals surface area contributed by atoms with Crippen molar-refractivity contribution < 1.29 is 0 Å². The zero-order valence-electron chi connectivity index (χ0n) is 15.8. The molecule has 4 rings (SSSR count). The van der Waals surface area contributed by atoms with Gasteiger partial charge < -0.3 is 10.7 Å². The average Bonchev–Trinajstić information content (AvgIpc) is 3.09. The molecule has 4 aromatic rings. The van der Waals surface area contributed by atoms with E-state index in [4.69, 9.17) is 5.73 Å². The minimum absolute atomic E-state index is 0.747. The smallest absolute Gasteiger partial charge is 0.0503 e. The number of nitrogens with one attached hydrogen (secondary N) is 1. The Kier molecular flexibility index (Phi) is 5.08. The third-order valence-corrected chi connectivity index (χ3v) is 5.31. The standard InChI is InChI=1S/C25H26N2/c1-18-10-9-16-22-23(15-7-8-17-26)25(27-24(18)22)21-14-6-5-13-20(21)19-11-3-2-4-12-19/h2-6,9-14,16,27H,7-8,15,17,26H2,1H3. The third kappa shape index (κ3) is 3.41. The van der Waals surface area contributed by atoms with Gasteiger partial charge in [-0.15, -0.1) is 0 Å². The van der Waals surface area contributed by atoms with Gasteiger partial charge in [0.2, 0.25) is 0 Å². The molecule has 0 saturated carbocycles. The summed E-state index contributed by atoms with van der Waals surface area (Å²) in [4.78, 5) is 3.75. The molecule has 2 heteroatoms. The zero-order valence-corrected chi connectivity index (χ0v) is 15.8. The van der Waals surface area contributed by atoms with Crippen LogP contribution in [0.3, 0.4) is 0 Å². The van der Waals surface area contributed by atoms with Gasteiger partial charge in [0.15, 0.2) is 0 Å². The molecule has 0 aliphatic rings. The number of rotatable bonds is 6. The van der Waals surface area contributed by atoms with Gasteiger partial charge in [0, 0.05) is 16.5 Å². The summed E-state index contributed by atoms with van der Waals surface area (Å²) >= 11 is 0. The Morgan fingerprint density at radius 1 is 0.778 bits per heavy atom. The highest BCUT2D eigenvalue weighted by atomic mass is 14.7. The van der Waals surface area contributed by atoms with Gasteiger partial charge >= 0.3 is 0 Å². The fraction of sp³-hybridized carbons (Fsp3) is 0.200. The lowest BCUT2D eigenvalue weighted by molar-refractivity contribution is 0.748. The molecule has 0 saturated heterocycles. The van der Waals surface area contributed by atoms with E-state index in [1.807, 2.05) is 0 Å². The summed E-state index contributed by atoms with van der Waals surface area (Å²) in [5, 5.41) is 1.34. The first-order valence-corrected chi connectivity index (χ1v) is 9.74. The van der Waals surface area contributed by atoms with Gasteiger partial charge in [0.1, 0.15) is 0 Å². The van der Waals surface area contributed by atoms with Gasteiger partial charge in [0.25, 0.3) is 0 Å². The van der Waals surface area contributed by atoms with Crippen molar-refractivity contribution >= 4 is 10.9 Å². The van der Waals surface area contributed by atoms with Crippen LogP contribution in [0.25, 0.3) is 33.3 Å². The van der Waals surface area contributed by atoms with Gasteiger partial charge in [-0.25, -0.2) is 0 Å². The predicted molar refractivity (Wildman–Crippen MR) is 116 cm³/mol. The van der Waals surface area contributed by atoms with Crippen molar-refractivity contribution in [3.05, 3.63) is 83.9 Å². The summed E-state index contributed by atoms with van der Waals surface area (Å²) in [6.45, 7) is 2.92. The summed E-state index contributed by atoms with van der Waals surface area (Å²) < 4.78 is 0. The van der Waals surface area contributed by atoms with Crippen molar-refractivity contribution in [3.8, 4) is 22.4 Å². The summed E-state index contributed by atoms with van der Waals surface area (Å²) in [6.07, 6.45) is 3.20. The van der Waals surface area contributed by atoms with E-state index in [9.17, 15) is 0 Å². The molecule has 27 heavy (non-hydrogen) atoms. The number of unbranched alkanes of at least 4 members (excludes halogenated alkanes) is 1. The second-order valence-electron chi connectivity index (χ2n) is 7.13. The Bertz CT molecular complexity index is 1040. The Morgan fingerprint density at radius 2 is 1.52 bits per heavy atom. The maximum absolute atomic E-state index is 5.75. The molecule has 3 aromatic carbocycles. The van der Waals surface area contributed by atoms with E-state index < -0.39 is 0 Å². The number of hydrogen-bond acceptors (Lipinski definition) is 1. The molecule has 0 spiro atoms. The quantitative estimate of drug-likeness (QED) is 0.404. The first-order chi connectivity index (χ1) is 13.3. The second-order valence-corrected chi connectivity index (χ2v) is 7.13. The molecule has 0 amide bonds. The molecule has 1 aromatic heterocycles. The molecule has 1 heterocycles. The number of fused-ring (bicyclic) bond motifs is 1. The van der Waals surface area contributed by atoms with Crippen molar-refractivity contribution in [1.29, 1.82) is 0 Å². The number of para-hydroxylation sites is 1. The fourth-order valence-corrected chi connectivity index (χ4v) is 3.93. The van der Waals surface area contributed by atoms with Gasteiger partial charge in [0.05, 0.1) is 5.69 Å². The van der Waals surface area contributed by atoms with Crippen molar-refractivity contribution in [2.24, 2.45) is 5.73 Å². The van der Waals surface area contributed by atoms with Crippen LogP contribution in [0, 0.1) is 6.92 Å². The molecule has 3 N–H and O–H groups in total. The SMILES string of the molecule is Cc1cccc2c(CCCCN)c(-c3ccccc3-c3ccccc3)[nH]c12. The minimum atomic E-state index is 0.747. The Labute approximate surface area is 161 Å². The van der Waals surface area contributed by atoms with Crippen molar-refractivity contribution in [2.45, 2.75) is 26.2 Å². The van der Waals surface area contributed by atoms with E-state index in [2.05, 4.69) is 84.7 Å². The Balaban J connectivity index is 1.92. The topological polar surface area (TPSA) is 41.8 Å². The summed E-state index contributed by atoms with van der Waals surface area (Å²) in [5.74, 6) is 0. The van der Waals surface area contributed by atoms with E-state index in [1.165, 1.54) is 44.4 Å². The summed E-state index contributed by atoms with van der Waals surface area (Å²) in [5.41, 5.74) is 14.7. The summed E-state index contributed by atoms with van der Waals surface area (Å²) in [7, 11) is 0. The highest BCUT2D eigenvalue weighted by Crippen LogP contribution is 2.38. The maximum Gasteiger partial charge on any atom is 0.0503 e. The molecule has 0 aliphatic carbocycles. The van der Waals surface area contributed by atoms with E-state index >= 15 is 0 Å². The fourth-order valence-electron chi connectivity index (χ4n) is 3.93. The molecular weight excluding hydrogens is 328 g/mol. The minimum Gasteiger partial charge on any atom is -0.354 e. The largest absolute Gasteiger partial charge is 0.354 e. The van der Waals surface area contributed by atoms with Crippen molar-refractivity contribution in [1.82, 2.24) is 4.98 Å². The van der Waals surface area contributed by atoms with E-state index in [0.717, 1.165) is 25.8 Å². The lowest BCUT2D eigenvalue weighted by Crippen LogP contribution is -1.99. The van der Waals surface area contributed by atoms with Crippen LogP contribution in [-0.2, 0) is 6.42 Å². The lowest BCUT2D eigenvalue weighted by atomic mass is 9.93. The first kappa shape index (κ1) is 17.6. The molecule has 2 nitrogen and oxygen atoms in total. The Morgan fingerprint density at radius 3 is 2.30 bits per heavy atom. The normalized spacial score (nSPS) is 11.2. The third-order valence-electron chi connectivity index (χ3n) is 5.31. The second kappa shape index (κ2) is 7.81. The zero-order chi connectivity index (χ0) is 18.6. The number of H-pyrrole nitrogens is 1. The first-order valence-electron chi connectivity index (χ1n) is 9.74. The number of aromatic amines is 1. The van der Waals surface area contributed by atoms with Crippen LogP contribution in [0.4, 0.5) is 0 Å². The molecule has 0 radical (unpaired) electrons. The van der Waals surface area contributed by atoms with Gasteiger partial charge in [-0.1, -0.05) is 72.8 Å². The van der Waals surface area contributed by atoms with Crippen LogP contribution in [0.5, 0.6) is 0 Å². The number of benzene rings is 3. The Hall–Kier alpha value is -2.84. The molecule has 136 valence electrons. The molecule has 0 fully saturated rings. The molecule has 0 atom stereocenters. The van der Waals surface area contributed by atoms with Gasteiger partial charge in [-0.2, -0.15) is 0 Å². The number of aromatic nitrogens is 1. The molecule has 0 bridgehead atoms. The maximum atomic E-state index is 5.75. The molecule has 0 unspecified atom stereocenters. The summed E-state index contributed by atoms with van der Waals surface area (Å²) in [6, 6.07) is 25.9. The molecule has 0 aliphatic heterocycles. The van der Waals surface area contributed by atoms with E-state index in [1.54, 1.807) is 0 Å². The van der Waals surface area contributed by atoms with Crippen LogP contribution in [0.15, 0.2) is 72.8 Å². The van der Waals surface area contributed by atoms with E-state index in [0.29, 0.717) is 0 Å². The lowest BCUT2D eigenvalue weighted by Gasteiger charge is -2.11. The highest BCUT2D eigenvalue weighted by Gasteiger charge is 2.16. The van der Waals surface area contributed by atoms with Crippen LogP contribution < -0.4 is 5.73 Å². The van der Waals surface area contributed by atoms with E-state index in [-0.39, 0.29) is 0 Å². The number of nitrogens with two attached hydrogens (primary N) is 1. The van der Waals surface area contributed by atoms with Gasteiger partial charge in [-0.3, -0.25) is 0 Å². The average molecular weight is 354 g/mol. The molecular formula is C25H26N2. The number of hydrogen-bond donors (Lipinski definition) is 2. The van der Waals surface area contributed by atoms with Crippen LogP contribution >= 0.6 is 0 Å².